The molecular weight excluding hydrogens is 440 g/mol. The van der Waals surface area contributed by atoms with Gasteiger partial charge < -0.3 is 14.5 Å². The minimum atomic E-state index is 0.382. The van der Waals surface area contributed by atoms with E-state index in [1.54, 1.807) is 4.52 Å². The van der Waals surface area contributed by atoms with Gasteiger partial charge in [-0.15, -0.1) is 0 Å². The van der Waals surface area contributed by atoms with Gasteiger partial charge in [0.25, 0.3) is 0 Å². The molecule has 2 aliphatic rings. The summed E-state index contributed by atoms with van der Waals surface area (Å²) in [6.45, 7) is 3.74. The third-order valence-corrected chi connectivity index (χ3v) is 7.07. The highest BCUT2D eigenvalue weighted by Gasteiger charge is 2.32. The summed E-state index contributed by atoms with van der Waals surface area (Å²) >= 11 is 0. The fraction of sp³-hybridized carbons (Fsp3) is 0.231. The van der Waals surface area contributed by atoms with E-state index < -0.39 is 0 Å². The lowest BCUT2D eigenvalue weighted by Gasteiger charge is -2.44. The zero-order chi connectivity index (χ0) is 23.5. The number of ether oxygens (including phenoxy) is 1. The van der Waals surface area contributed by atoms with Gasteiger partial charge in [0.2, 0.25) is 0 Å². The number of nitrogens with zero attached hydrogens (tertiary/aromatic N) is 7. The Balaban J connectivity index is 1.32. The number of aromatic nitrogens is 5. The zero-order valence-corrected chi connectivity index (χ0v) is 19.1. The van der Waals surface area contributed by atoms with Crippen molar-refractivity contribution in [2.75, 3.05) is 38.2 Å². The first kappa shape index (κ1) is 20.0. The lowest BCUT2D eigenvalue weighted by atomic mass is 9.97. The summed E-state index contributed by atoms with van der Waals surface area (Å²) < 4.78 is 7.89. The molecule has 1 unspecified atom stereocenters. The van der Waals surface area contributed by atoms with Gasteiger partial charge in [0, 0.05) is 42.3 Å². The molecule has 0 saturated carbocycles. The molecule has 1 fully saturated rings. The fourth-order valence-electron chi connectivity index (χ4n) is 5.27. The molecule has 0 radical (unpaired) electrons. The largest absolute Gasteiger partial charge is 0.489 e. The van der Waals surface area contributed by atoms with Crippen molar-refractivity contribution < 1.29 is 4.74 Å². The molecular formula is C26H22N8O. The first-order valence-electron chi connectivity index (χ1n) is 11.6. The molecule has 9 heteroatoms. The SMILES string of the molecule is CN1CCN2c3ccc(-c4n[nH]c5cc(C#N)c(-c6ccn7ncnc7c6)cc45)cc3OCC2C1. The van der Waals surface area contributed by atoms with Crippen molar-refractivity contribution in [2.24, 2.45) is 0 Å². The van der Waals surface area contributed by atoms with E-state index in [9.17, 15) is 5.26 Å². The van der Waals surface area contributed by atoms with Crippen LogP contribution in [0.2, 0.25) is 0 Å². The minimum absolute atomic E-state index is 0.382. The number of benzene rings is 2. The monoisotopic (exact) mass is 462 g/mol. The molecule has 0 aliphatic carbocycles. The number of hydrogen-bond acceptors (Lipinski definition) is 7. The summed E-state index contributed by atoms with van der Waals surface area (Å²) in [6.07, 6.45) is 3.37. The van der Waals surface area contributed by atoms with Gasteiger partial charge in [0.15, 0.2) is 5.65 Å². The van der Waals surface area contributed by atoms with Gasteiger partial charge in [-0.1, -0.05) is 6.07 Å². The van der Waals surface area contributed by atoms with Crippen LogP contribution in [0, 0.1) is 11.3 Å². The van der Waals surface area contributed by atoms with E-state index in [0.717, 1.165) is 70.0 Å². The molecule has 1 N–H and O–H groups in total. The van der Waals surface area contributed by atoms with Crippen molar-refractivity contribution in [1.29, 1.82) is 5.26 Å². The lowest BCUT2D eigenvalue weighted by molar-refractivity contribution is 0.188. The molecule has 5 aromatic rings. The average Bonchev–Trinajstić information content (AvgIpc) is 3.53. The van der Waals surface area contributed by atoms with Gasteiger partial charge in [-0.25, -0.2) is 9.50 Å². The Kier molecular flexibility index (Phi) is 4.31. The van der Waals surface area contributed by atoms with E-state index in [0.29, 0.717) is 18.2 Å². The highest BCUT2D eigenvalue weighted by Crippen LogP contribution is 2.40. The predicted molar refractivity (Wildman–Crippen MR) is 132 cm³/mol. The smallest absolute Gasteiger partial charge is 0.155 e. The molecule has 1 saturated heterocycles. The number of anilines is 1. The second kappa shape index (κ2) is 7.55. The Morgan fingerprint density at radius 3 is 2.97 bits per heavy atom. The van der Waals surface area contributed by atoms with Crippen molar-refractivity contribution >= 4 is 22.2 Å². The second-order valence-electron chi connectivity index (χ2n) is 9.21. The summed E-state index contributed by atoms with van der Waals surface area (Å²) in [5, 5.41) is 22.7. The average molecular weight is 463 g/mol. The molecule has 2 aromatic carbocycles. The van der Waals surface area contributed by atoms with Crippen molar-refractivity contribution in [3.63, 3.8) is 0 Å². The Bertz CT molecular complexity index is 1640. The third-order valence-electron chi connectivity index (χ3n) is 7.07. The summed E-state index contributed by atoms with van der Waals surface area (Å²) in [5.74, 6) is 0.894. The number of H-pyrrole nitrogens is 1. The maximum Gasteiger partial charge on any atom is 0.155 e. The van der Waals surface area contributed by atoms with Crippen molar-refractivity contribution in [2.45, 2.75) is 6.04 Å². The topological polar surface area (TPSA) is 98.4 Å². The van der Waals surface area contributed by atoms with Crippen LogP contribution in [-0.2, 0) is 0 Å². The van der Waals surface area contributed by atoms with Gasteiger partial charge >= 0.3 is 0 Å². The lowest BCUT2D eigenvalue weighted by Crippen LogP contribution is -2.56. The summed E-state index contributed by atoms with van der Waals surface area (Å²) in [4.78, 5) is 9.10. The molecule has 172 valence electrons. The Morgan fingerprint density at radius 2 is 2.06 bits per heavy atom. The third kappa shape index (κ3) is 3.15. The van der Waals surface area contributed by atoms with Gasteiger partial charge in [-0.05, 0) is 49.0 Å². The Labute approximate surface area is 201 Å². The van der Waals surface area contributed by atoms with Gasteiger partial charge in [-0.3, -0.25) is 5.10 Å². The number of fused-ring (bicyclic) bond motifs is 5. The maximum absolute atomic E-state index is 9.84. The minimum Gasteiger partial charge on any atom is -0.489 e. The van der Waals surface area contributed by atoms with Crippen LogP contribution < -0.4 is 9.64 Å². The molecule has 0 bridgehead atoms. The number of hydrogen-bond donors (Lipinski definition) is 1. The normalized spacial score (nSPS) is 17.7. The number of nitrogens with one attached hydrogen (secondary N) is 1. The highest BCUT2D eigenvalue weighted by atomic mass is 16.5. The number of piperazine rings is 1. The van der Waals surface area contributed by atoms with Crippen molar-refractivity contribution in [3.05, 3.63) is 60.6 Å². The van der Waals surface area contributed by atoms with E-state index in [1.165, 1.54) is 6.33 Å². The first-order valence-corrected chi connectivity index (χ1v) is 11.6. The number of pyridine rings is 1. The van der Waals surface area contributed by atoms with E-state index >= 15 is 0 Å². The molecule has 1 atom stereocenters. The summed E-state index contributed by atoms with van der Waals surface area (Å²) in [5.41, 5.74) is 6.83. The standard InChI is InChI=1S/C26H22N8O/c1-32-6-7-33-19(13-32)14-35-24-9-17(2-3-23(24)33)26-21-11-20(18(12-27)8-22(21)30-31-26)16-4-5-34-25(10-16)28-15-29-34/h2-5,8-11,15,19H,6-7,13-14H2,1H3,(H,30,31). The quantitative estimate of drug-likeness (QED) is 0.430. The van der Waals surface area contributed by atoms with Crippen LogP contribution >= 0.6 is 0 Å². The van der Waals surface area contributed by atoms with Crippen LogP contribution in [0.1, 0.15) is 5.56 Å². The molecule has 2 aliphatic heterocycles. The van der Waals surface area contributed by atoms with Crippen LogP contribution in [0.25, 0.3) is 38.9 Å². The van der Waals surface area contributed by atoms with E-state index in [2.05, 4.69) is 61.4 Å². The van der Waals surface area contributed by atoms with Gasteiger partial charge in [-0.2, -0.15) is 15.5 Å². The summed E-state index contributed by atoms with van der Waals surface area (Å²) in [6, 6.07) is 16.8. The molecule has 35 heavy (non-hydrogen) atoms. The van der Waals surface area contributed by atoms with Crippen molar-refractivity contribution in [1.82, 2.24) is 29.7 Å². The van der Waals surface area contributed by atoms with Crippen LogP contribution in [0.15, 0.2) is 55.0 Å². The molecule has 7 rings (SSSR count). The highest BCUT2D eigenvalue weighted by molar-refractivity contribution is 5.98. The predicted octanol–water partition coefficient (Wildman–Crippen LogP) is 3.32. The summed E-state index contributed by atoms with van der Waals surface area (Å²) in [7, 11) is 2.16. The number of rotatable bonds is 2. The zero-order valence-electron chi connectivity index (χ0n) is 19.1. The van der Waals surface area contributed by atoms with Gasteiger partial charge in [0.1, 0.15) is 24.4 Å². The molecule has 9 nitrogen and oxygen atoms in total. The number of likely N-dealkylation sites (N-methyl/N-ethyl adjacent to an activating group) is 1. The van der Waals surface area contributed by atoms with Gasteiger partial charge in [0.05, 0.1) is 28.9 Å². The van der Waals surface area contributed by atoms with Crippen LogP contribution in [0.3, 0.4) is 0 Å². The Morgan fingerprint density at radius 1 is 1.11 bits per heavy atom. The second-order valence-corrected chi connectivity index (χ2v) is 9.21. The fourth-order valence-corrected chi connectivity index (χ4v) is 5.27. The molecule has 3 aromatic heterocycles. The number of aromatic amines is 1. The van der Waals surface area contributed by atoms with Crippen LogP contribution in [0.5, 0.6) is 5.75 Å². The molecule has 5 heterocycles. The van der Waals surface area contributed by atoms with E-state index in [4.69, 9.17) is 4.74 Å². The van der Waals surface area contributed by atoms with E-state index in [-0.39, 0.29) is 0 Å². The maximum atomic E-state index is 9.84. The first-order chi connectivity index (χ1) is 17.2. The number of nitriles is 1. The van der Waals surface area contributed by atoms with Crippen LogP contribution in [0.4, 0.5) is 5.69 Å². The van der Waals surface area contributed by atoms with Crippen molar-refractivity contribution in [3.8, 4) is 34.2 Å². The van der Waals surface area contributed by atoms with E-state index in [1.807, 2.05) is 30.5 Å². The molecule has 0 amide bonds. The Hall–Kier alpha value is -4.42. The van der Waals surface area contributed by atoms with Crippen LogP contribution in [-0.4, -0.2) is 69.0 Å². The molecule has 0 spiro atoms.